The van der Waals surface area contributed by atoms with Crippen LogP contribution in [0.2, 0.25) is 0 Å². The molecule has 2 rings (SSSR count). The normalized spacial score (nSPS) is 10.4. The summed E-state index contributed by atoms with van der Waals surface area (Å²) in [5.41, 5.74) is 5.85. The summed E-state index contributed by atoms with van der Waals surface area (Å²) >= 11 is 5.11. The fourth-order valence-corrected chi connectivity index (χ4v) is 2.95. The van der Waals surface area contributed by atoms with Crippen molar-refractivity contribution in [1.82, 2.24) is 16.2 Å². The number of hydrogen-bond donors (Lipinski definition) is 3. The van der Waals surface area contributed by atoms with Gasteiger partial charge in [0.1, 0.15) is 11.5 Å². The zero-order valence-corrected chi connectivity index (χ0v) is 20.3. The number of benzene rings is 2. The number of hydrogen-bond acceptors (Lipinski definition) is 5. The van der Waals surface area contributed by atoms with Crippen molar-refractivity contribution in [3.05, 3.63) is 59.7 Å². The van der Waals surface area contributed by atoms with Gasteiger partial charge in [-0.2, -0.15) is 0 Å². The van der Waals surface area contributed by atoms with Crippen LogP contribution < -0.4 is 25.6 Å². The Morgan fingerprint density at radius 1 is 0.879 bits per heavy atom. The van der Waals surface area contributed by atoms with Crippen LogP contribution in [0.25, 0.3) is 0 Å². The summed E-state index contributed by atoms with van der Waals surface area (Å²) in [5.74, 6) is 0.917. The highest BCUT2D eigenvalue weighted by molar-refractivity contribution is 7.80. The number of nitrogens with one attached hydrogen (secondary N) is 3. The van der Waals surface area contributed by atoms with Crippen molar-refractivity contribution >= 4 is 29.1 Å². The van der Waals surface area contributed by atoms with Gasteiger partial charge in [-0.1, -0.05) is 46.1 Å². The van der Waals surface area contributed by atoms with Gasteiger partial charge in [0.15, 0.2) is 5.11 Å². The van der Waals surface area contributed by atoms with Crippen molar-refractivity contribution in [3.63, 3.8) is 0 Å². The third kappa shape index (κ3) is 9.91. The van der Waals surface area contributed by atoms with Crippen LogP contribution in [0.1, 0.15) is 67.2 Å². The Hall–Kier alpha value is -3.13. The summed E-state index contributed by atoms with van der Waals surface area (Å²) in [6.45, 7) is 7.49. The Bertz CT molecular complexity index is 916. The van der Waals surface area contributed by atoms with Gasteiger partial charge in [0.2, 0.25) is 0 Å². The van der Waals surface area contributed by atoms with Crippen LogP contribution in [0, 0.1) is 5.92 Å². The highest BCUT2D eigenvalue weighted by atomic mass is 32.1. The van der Waals surface area contributed by atoms with E-state index in [1.165, 1.54) is 12.8 Å². The molecule has 0 aliphatic carbocycles. The zero-order chi connectivity index (χ0) is 24.1. The van der Waals surface area contributed by atoms with Gasteiger partial charge in [-0.15, -0.1) is 0 Å². The summed E-state index contributed by atoms with van der Waals surface area (Å²) in [7, 11) is 0. The third-order valence-electron chi connectivity index (χ3n) is 4.58. The fraction of sp³-hybridized carbons (Fsp3) is 0.400. The third-order valence-corrected chi connectivity index (χ3v) is 4.78. The van der Waals surface area contributed by atoms with Crippen LogP contribution in [-0.2, 0) is 0 Å². The summed E-state index contributed by atoms with van der Waals surface area (Å²) in [5, 5.41) is 2.51. The highest BCUT2D eigenvalue weighted by Crippen LogP contribution is 2.15. The van der Waals surface area contributed by atoms with Gasteiger partial charge in [0, 0.05) is 11.1 Å². The van der Waals surface area contributed by atoms with Crippen molar-refractivity contribution in [3.8, 4) is 11.5 Å². The number of amides is 2. The van der Waals surface area contributed by atoms with Crippen LogP contribution in [0.15, 0.2) is 48.5 Å². The molecule has 0 aromatic heterocycles. The molecule has 3 N–H and O–H groups in total. The van der Waals surface area contributed by atoms with Crippen molar-refractivity contribution in [2.75, 3.05) is 13.2 Å². The highest BCUT2D eigenvalue weighted by Gasteiger charge is 2.11. The molecule has 0 fully saturated rings. The molecule has 0 radical (unpaired) electrons. The predicted molar refractivity (Wildman–Crippen MR) is 134 cm³/mol. The average molecular weight is 472 g/mol. The number of rotatable bonds is 11. The summed E-state index contributed by atoms with van der Waals surface area (Å²) < 4.78 is 11.3. The van der Waals surface area contributed by atoms with Gasteiger partial charge >= 0.3 is 0 Å². The number of unbranched alkanes of at least 4 members (excludes halogenated alkanes) is 3. The lowest BCUT2D eigenvalue weighted by molar-refractivity contribution is 0.0934. The van der Waals surface area contributed by atoms with E-state index < -0.39 is 5.91 Å². The Labute approximate surface area is 201 Å². The maximum atomic E-state index is 12.4. The number of ether oxygens (including phenoxy) is 2. The predicted octanol–water partition coefficient (Wildman–Crippen LogP) is 4.63. The van der Waals surface area contributed by atoms with Crippen LogP contribution in [-0.4, -0.2) is 30.1 Å². The first kappa shape index (κ1) is 26.1. The molecule has 8 heteroatoms. The van der Waals surface area contributed by atoms with E-state index in [0.717, 1.165) is 18.6 Å². The molecule has 2 aromatic carbocycles. The molecule has 178 valence electrons. The van der Waals surface area contributed by atoms with Crippen LogP contribution >= 0.6 is 12.2 Å². The first-order valence-electron chi connectivity index (χ1n) is 11.3. The van der Waals surface area contributed by atoms with E-state index in [4.69, 9.17) is 21.7 Å². The van der Waals surface area contributed by atoms with Crippen LogP contribution in [0.3, 0.4) is 0 Å². The Balaban J connectivity index is 1.77. The minimum Gasteiger partial charge on any atom is -0.494 e. The zero-order valence-electron chi connectivity index (χ0n) is 19.5. The molecule has 0 saturated heterocycles. The summed E-state index contributed by atoms with van der Waals surface area (Å²) in [4.78, 5) is 24.7. The van der Waals surface area contributed by atoms with Crippen molar-refractivity contribution in [1.29, 1.82) is 0 Å². The van der Waals surface area contributed by atoms with Crippen LogP contribution in [0.5, 0.6) is 11.5 Å². The Morgan fingerprint density at radius 2 is 1.64 bits per heavy atom. The monoisotopic (exact) mass is 471 g/mol. The molecule has 0 bridgehead atoms. The lowest BCUT2D eigenvalue weighted by atomic mass is 10.2. The van der Waals surface area contributed by atoms with E-state index in [1.807, 2.05) is 13.8 Å². The van der Waals surface area contributed by atoms with Gasteiger partial charge in [0.05, 0.1) is 13.2 Å². The smallest absolute Gasteiger partial charge is 0.269 e. The van der Waals surface area contributed by atoms with E-state index >= 15 is 0 Å². The van der Waals surface area contributed by atoms with E-state index in [0.29, 0.717) is 36.0 Å². The quantitative estimate of drug-likeness (QED) is 0.252. The Morgan fingerprint density at radius 3 is 2.33 bits per heavy atom. The van der Waals surface area contributed by atoms with Gasteiger partial charge in [-0.3, -0.25) is 25.8 Å². The molecular weight excluding hydrogens is 438 g/mol. The molecular formula is C25H33N3O4S. The standard InChI is InChI=1S/C25H33N3O4S/c1-4-5-6-7-15-31-21-13-11-19(12-14-21)24(30)27-28-25(33)26-23(29)20-9-8-10-22(16-20)32-17-18(2)3/h8-14,16,18H,4-7,15,17H2,1-3H3,(H,27,30)(H2,26,28,29,33). The second kappa shape index (κ2) is 14.1. The second-order valence-corrected chi connectivity index (χ2v) is 8.44. The number of carbonyl (C=O) groups is 2. The molecule has 2 amide bonds. The second-order valence-electron chi connectivity index (χ2n) is 8.03. The van der Waals surface area contributed by atoms with Gasteiger partial charge in [-0.05, 0) is 67.0 Å². The largest absolute Gasteiger partial charge is 0.494 e. The van der Waals surface area contributed by atoms with E-state index in [2.05, 4.69) is 23.1 Å². The molecule has 0 saturated carbocycles. The van der Waals surface area contributed by atoms with E-state index in [-0.39, 0.29) is 11.0 Å². The SMILES string of the molecule is CCCCCCOc1ccc(C(=O)NNC(=S)NC(=O)c2cccc(OCC(C)C)c2)cc1. The van der Waals surface area contributed by atoms with Crippen molar-refractivity contribution < 1.29 is 19.1 Å². The first-order chi connectivity index (χ1) is 15.9. The lowest BCUT2D eigenvalue weighted by Crippen LogP contribution is -2.48. The molecule has 7 nitrogen and oxygen atoms in total. The summed E-state index contributed by atoms with van der Waals surface area (Å²) in [6, 6.07) is 13.7. The number of hydrazine groups is 1. The van der Waals surface area contributed by atoms with Crippen LogP contribution in [0.4, 0.5) is 0 Å². The molecule has 0 heterocycles. The van der Waals surface area contributed by atoms with Gasteiger partial charge < -0.3 is 9.47 Å². The van der Waals surface area contributed by atoms with Crippen molar-refractivity contribution in [2.45, 2.75) is 46.5 Å². The lowest BCUT2D eigenvalue weighted by Gasteiger charge is -2.12. The maximum absolute atomic E-state index is 12.4. The molecule has 2 aromatic rings. The van der Waals surface area contributed by atoms with Gasteiger partial charge in [-0.25, -0.2) is 0 Å². The fourth-order valence-electron chi connectivity index (χ4n) is 2.80. The van der Waals surface area contributed by atoms with Gasteiger partial charge in [0.25, 0.3) is 11.8 Å². The number of carbonyl (C=O) groups excluding carboxylic acids is 2. The molecule has 0 spiro atoms. The van der Waals surface area contributed by atoms with E-state index in [1.54, 1.807) is 48.5 Å². The Kier molecular flexibility index (Phi) is 11.2. The number of thiocarbonyl (C=S) groups is 1. The maximum Gasteiger partial charge on any atom is 0.269 e. The summed E-state index contributed by atoms with van der Waals surface area (Å²) in [6.07, 6.45) is 4.55. The molecule has 0 aliphatic rings. The van der Waals surface area contributed by atoms with E-state index in [9.17, 15) is 9.59 Å². The first-order valence-corrected chi connectivity index (χ1v) is 11.7. The minimum atomic E-state index is -0.405. The molecule has 0 aliphatic heterocycles. The average Bonchev–Trinajstić information content (AvgIpc) is 2.81. The topological polar surface area (TPSA) is 88.7 Å². The molecule has 33 heavy (non-hydrogen) atoms. The molecule has 0 unspecified atom stereocenters. The molecule has 0 atom stereocenters. The van der Waals surface area contributed by atoms with Crippen molar-refractivity contribution in [2.24, 2.45) is 5.92 Å². The minimum absolute atomic E-state index is 0.0196.